The largest absolute Gasteiger partial charge is 0.247 e. The minimum absolute atomic E-state index is 0.950. The van der Waals surface area contributed by atoms with E-state index in [0.29, 0.717) is 0 Å². The van der Waals surface area contributed by atoms with Gasteiger partial charge in [-0.15, -0.1) is 0 Å². The van der Waals surface area contributed by atoms with Gasteiger partial charge in [-0.05, 0) is 63.4 Å². The summed E-state index contributed by atoms with van der Waals surface area (Å²) in [6, 6.07) is 60.3. The molecule has 0 unspecified atom stereocenters. The number of hydrogen-bond acceptors (Lipinski definition) is 2. The summed E-state index contributed by atoms with van der Waals surface area (Å²) in [5.41, 5.74) is 10.9. The van der Waals surface area contributed by atoms with Crippen molar-refractivity contribution in [1.29, 1.82) is 0 Å². The number of nitrogens with zero attached hydrogens (tertiary/aromatic N) is 2. The van der Waals surface area contributed by atoms with Crippen molar-refractivity contribution in [3.63, 3.8) is 0 Å². The molecule has 0 N–H and O–H groups in total. The van der Waals surface area contributed by atoms with Crippen LogP contribution >= 0.6 is 0 Å². The number of pyridine rings is 2. The second-order valence-corrected chi connectivity index (χ2v) is 11.9. The van der Waals surface area contributed by atoms with E-state index in [1.165, 1.54) is 33.0 Å². The summed E-state index contributed by atoms with van der Waals surface area (Å²) in [4.78, 5) is 10.5. The lowest BCUT2D eigenvalue weighted by Crippen LogP contribution is -1.90. The maximum Gasteiger partial charge on any atom is 0.0788 e. The predicted molar refractivity (Wildman–Crippen MR) is 194 cm³/mol. The standard InChI is InChI=1S/C44H28N2/c1-3-8-29(9-4-1)35-20-16-31-14-18-33-22-24-41(45-43(33)39(31)27-35)37-12-7-13-38(26-37)42-25-23-34-19-15-32-17-21-36(28-40(32)44(34)46-42)30-10-5-2-6-11-30/h1-28H. The van der Waals surface area contributed by atoms with Crippen LogP contribution in [-0.4, -0.2) is 9.97 Å². The molecule has 0 aliphatic rings. The Kier molecular flexibility index (Phi) is 6.17. The van der Waals surface area contributed by atoms with Crippen LogP contribution in [0.3, 0.4) is 0 Å². The van der Waals surface area contributed by atoms with Gasteiger partial charge < -0.3 is 0 Å². The number of rotatable bonds is 4. The summed E-state index contributed by atoms with van der Waals surface area (Å²) >= 11 is 0. The van der Waals surface area contributed by atoms with E-state index in [-0.39, 0.29) is 0 Å². The maximum absolute atomic E-state index is 5.25. The van der Waals surface area contributed by atoms with Crippen molar-refractivity contribution in [1.82, 2.24) is 9.97 Å². The van der Waals surface area contributed by atoms with Crippen LogP contribution in [0.4, 0.5) is 0 Å². The minimum atomic E-state index is 0.950. The molecule has 0 aliphatic carbocycles. The second kappa shape index (κ2) is 10.8. The van der Waals surface area contributed by atoms with E-state index in [2.05, 4.69) is 170 Å². The number of aromatic nitrogens is 2. The molecule has 0 saturated carbocycles. The van der Waals surface area contributed by atoms with Crippen molar-refractivity contribution in [2.75, 3.05) is 0 Å². The van der Waals surface area contributed by atoms with E-state index >= 15 is 0 Å². The Morgan fingerprint density at radius 3 is 1.13 bits per heavy atom. The molecule has 0 radical (unpaired) electrons. The predicted octanol–water partition coefficient (Wildman–Crippen LogP) is 11.8. The molecule has 2 heterocycles. The monoisotopic (exact) mass is 584 g/mol. The Balaban J connectivity index is 1.15. The molecule has 0 saturated heterocycles. The van der Waals surface area contributed by atoms with E-state index in [4.69, 9.17) is 9.97 Å². The topological polar surface area (TPSA) is 25.8 Å². The first-order valence-electron chi connectivity index (χ1n) is 15.7. The molecule has 2 nitrogen and oxygen atoms in total. The smallest absolute Gasteiger partial charge is 0.0788 e. The fourth-order valence-electron chi connectivity index (χ4n) is 6.59. The van der Waals surface area contributed by atoms with Crippen molar-refractivity contribution in [2.45, 2.75) is 0 Å². The molecule has 0 atom stereocenters. The van der Waals surface area contributed by atoms with Gasteiger partial charge in [0, 0.05) is 32.7 Å². The first kappa shape index (κ1) is 26.3. The number of benzene rings is 7. The molecule has 46 heavy (non-hydrogen) atoms. The lowest BCUT2D eigenvalue weighted by Gasteiger charge is -2.11. The quantitative estimate of drug-likeness (QED) is 0.192. The summed E-state index contributed by atoms with van der Waals surface area (Å²) in [5.74, 6) is 0. The fraction of sp³-hybridized carbons (Fsp3) is 0. The number of hydrogen-bond donors (Lipinski definition) is 0. The lowest BCUT2D eigenvalue weighted by molar-refractivity contribution is 1.39. The minimum Gasteiger partial charge on any atom is -0.247 e. The average molecular weight is 585 g/mol. The van der Waals surface area contributed by atoms with Gasteiger partial charge in [0.15, 0.2) is 0 Å². The first-order valence-corrected chi connectivity index (χ1v) is 15.7. The molecule has 0 bridgehead atoms. The summed E-state index contributed by atoms with van der Waals surface area (Å²) in [6.45, 7) is 0. The zero-order valence-corrected chi connectivity index (χ0v) is 25.1. The van der Waals surface area contributed by atoms with Gasteiger partial charge in [-0.25, -0.2) is 9.97 Å². The summed E-state index contributed by atoms with van der Waals surface area (Å²) < 4.78 is 0. The van der Waals surface area contributed by atoms with Gasteiger partial charge in [0.05, 0.1) is 22.4 Å². The van der Waals surface area contributed by atoms with Crippen molar-refractivity contribution >= 4 is 43.4 Å². The van der Waals surface area contributed by atoms with Gasteiger partial charge in [0.2, 0.25) is 0 Å². The van der Waals surface area contributed by atoms with Crippen LogP contribution in [-0.2, 0) is 0 Å². The van der Waals surface area contributed by atoms with Crippen LogP contribution in [0, 0.1) is 0 Å². The maximum atomic E-state index is 5.25. The molecule has 9 aromatic rings. The summed E-state index contributed by atoms with van der Waals surface area (Å²) in [5, 5.41) is 6.97. The molecule has 0 fully saturated rings. The summed E-state index contributed by atoms with van der Waals surface area (Å²) in [7, 11) is 0. The second-order valence-electron chi connectivity index (χ2n) is 11.9. The first-order chi connectivity index (χ1) is 22.8. The molecular formula is C44H28N2. The fourth-order valence-corrected chi connectivity index (χ4v) is 6.59. The number of fused-ring (bicyclic) bond motifs is 6. The molecule has 0 amide bonds. The van der Waals surface area contributed by atoms with Crippen LogP contribution in [0.15, 0.2) is 170 Å². The van der Waals surface area contributed by atoms with Crippen molar-refractivity contribution in [2.24, 2.45) is 0 Å². The highest BCUT2D eigenvalue weighted by molar-refractivity contribution is 6.08. The Morgan fingerprint density at radius 1 is 0.261 bits per heavy atom. The van der Waals surface area contributed by atoms with Gasteiger partial charge in [-0.3, -0.25) is 0 Å². The third-order valence-corrected chi connectivity index (χ3v) is 9.02. The van der Waals surface area contributed by atoms with E-state index in [1.807, 2.05) is 0 Å². The third kappa shape index (κ3) is 4.60. The Labute approximate surface area is 267 Å². The Morgan fingerprint density at radius 2 is 0.652 bits per heavy atom. The highest BCUT2D eigenvalue weighted by Crippen LogP contribution is 2.34. The van der Waals surface area contributed by atoms with Gasteiger partial charge >= 0.3 is 0 Å². The molecule has 214 valence electrons. The van der Waals surface area contributed by atoms with Crippen molar-refractivity contribution < 1.29 is 0 Å². The van der Waals surface area contributed by atoms with Crippen molar-refractivity contribution in [3.05, 3.63) is 170 Å². The molecule has 2 aromatic heterocycles. The van der Waals surface area contributed by atoms with Gasteiger partial charge in [-0.1, -0.05) is 140 Å². The lowest BCUT2D eigenvalue weighted by atomic mass is 9.98. The third-order valence-electron chi connectivity index (χ3n) is 9.02. The molecular weight excluding hydrogens is 556 g/mol. The van der Waals surface area contributed by atoms with E-state index in [0.717, 1.165) is 55.1 Å². The van der Waals surface area contributed by atoms with Crippen LogP contribution in [0.1, 0.15) is 0 Å². The Bertz CT molecular complexity index is 2390. The highest BCUT2D eigenvalue weighted by atomic mass is 14.7. The van der Waals surface area contributed by atoms with Crippen molar-refractivity contribution in [3.8, 4) is 44.8 Å². The van der Waals surface area contributed by atoms with E-state index < -0.39 is 0 Å². The molecule has 0 spiro atoms. The zero-order valence-electron chi connectivity index (χ0n) is 25.1. The van der Waals surface area contributed by atoms with Crippen LogP contribution in [0.5, 0.6) is 0 Å². The van der Waals surface area contributed by atoms with Crippen LogP contribution < -0.4 is 0 Å². The molecule has 2 heteroatoms. The van der Waals surface area contributed by atoms with Crippen LogP contribution in [0.25, 0.3) is 88.1 Å². The average Bonchev–Trinajstić information content (AvgIpc) is 3.14. The molecule has 9 rings (SSSR count). The van der Waals surface area contributed by atoms with Gasteiger partial charge in [0.1, 0.15) is 0 Å². The van der Waals surface area contributed by atoms with E-state index in [9.17, 15) is 0 Å². The summed E-state index contributed by atoms with van der Waals surface area (Å²) in [6.07, 6.45) is 0. The van der Waals surface area contributed by atoms with E-state index in [1.54, 1.807) is 0 Å². The zero-order chi connectivity index (χ0) is 30.5. The molecule has 0 aliphatic heterocycles. The van der Waals surface area contributed by atoms with Gasteiger partial charge in [0.25, 0.3) is 0 Å². The Hall–Kier alpha value is -6.12. The SMILES string of the molecule is c1ccc(-c2ccc3ccc4ccc(-c5cccc(-c6ccc7ccc8ccc(-c9ccccc9)cc8c7n6)c5)nc4c3c2)cc1. The highest BCUT2D eigenvalue weighted by Gasteiger charge is 2.11. The normalized spacial score (nSPS) is 11.5. The molecule has 7 aromatic carbocycles. The van der Waals surface area contributed by atoms with Crippen LogP contribution in [0.2, 0.25) is 0 Å². The van der Waals surface area contributed by atoms with Gasteiger partial charge in [-0.2, -0.15) is 0 Å².